The molecule has 1 N–H and O–H groups in total. The highest BCUT2D eigenvalue weighted by molar-refractivity contribution is 7.21. The highest BCUT2D eigenvalue weighted by Crippen LogP contribution is 2.31. The minimum Gasteiger partial charge on any atom is -0.493 e. The summed E-state index contributed by atoms with van der Waals surface area (Å²) in [6, 6.07) is 21.2. The summed E-state index contributed by atoms with van der Waals surface area (Å²) in [6.07, 6.45) is -0.673. The molecule has 4 rings (SSSR count). The second-order valence-electron chi connectivity index (χ2n) is 6.97. The summed E-state index contributed by atoms with van der Waals surface area (Å²) >= 11 is 1.66. The van der Waals surface area contributed by atoms with Gasteiger partial charge in [-0.15, -0.1) is 11.3 Å². The minimum absolute atomic E-state index is 0.232. The fourth-order valence-corrected chi connectivity index (χ4v) is 4.12. The summed E-state index contributed by atoms with van der Waals surface area (Å²) in [5.74, 6) is 0.890. The summed E-state index contributed by atoms with van der Waals surface area (Å²) < 4.78 is 12.2. The number of thiazole rings is 1. The lowest BCUT2D eigenvalue weighted by Crippen LogP contribution is -2.30. The number of nitrogens with one attached hydrogen (secondary N) is 1. The second kappa shape index (κ2) is 8.55. The SMILES string of the molecule is COc1ccccc1OC(C)C(=O)Nc1ccc(-c2nc3ccc(C)cc3s2)cc1. The summed E-state index contributed by atoms with van der Waals surface area (Å²) in [5.41, 5.74) is 3.95. The number of ether oxygens (including phenoxy) is 2. The monoisotopic (exact) mass is 418 g/mol. The highest BCUT2D eigenvalue weighted by Gasteiger charge is 2.17. The second-order valence-corrected chi connectivity index (χ2v) is 8.00. The zero-order chi connectivity index (χ0) is 21.1. The van der Waals surface area contributed by atoms with Crippen LogP contribution in [0.15, 0.2) is 66.7 Å². The van der Waals surface area contributed by atoms with Gasteiger partial charge in [0, 0.05) is 11.3 Å². The van der Waals surface area contributed by atoms with Gasteiger partial charge in [0.2, 0.25) is 0 Å². The highest BCUT2D eigenvalue weighted by atomic mass is 32.1. The first-order chi connectivity index (χ1) is 14.5. The summed E-state index contributed by atoms with van der Waals surface area (Å²) in [4.78, 5) is 17.2. The maximum Gasteiger partial charge on any atom is 0.265 e. The summed E-state index contributed by atoms with van der Waals surface area (Å²) in [6.45, 7) is 3.79. The molecule has 0 fully saturated rings. The Bertz CT molecular complexity index is 1180. The number of hydrogen-bond donors (Lipinski definition) is 1. The number of aryl methyl sites for hydroxylation is 1. The molecule has 6 heteroatoms. The maximum absolute atomic E-state index is 12.5. The van der Waals surface area contributed by atoms with Crippen molar-refractivity contribution in [2.24, 2.45) is 0 Å². The van der Waals surface area contributed by atoms with Crippen molar-refractivity contribution in [1.29, 1.82) is 0 Å². The largest absolute Gasteiger partial charge is 0.493 e. The molecule has 3 aromatic carbocycles. The number of nitrogens with zero attached hydrogens (tertiary/aromatic N) is 1. The van der Waals surface area contributed by atoms with Crippen molar-refractivity contribution in [3.05, 3.63) is 72.3 Å². The van der Waals surface area contributed by atoms with E-state index >= 15 is 0 Å². The molecular weight excluding hydrogens is 396 g/mol. The molecule has 1 atom stereocenters. The molecule has 1 heterocycles. The molecule has 4 aromatic rings. The Morgan fingerprint density at radius 1 is 1.03 bits per heavy atom. The van der Waals surface area contributed by atoms with Gasteiger partial charge in [-0.1, -0.05) is 18.2 Å². The first kappa shape index (κ1) is 19.9. The number of para-hydroxylation sites is 2. The average molecular weight is 419 g/mol. The van der Waals surface area contributed by atoms with E-state index in [1.165, 1.54) is 10.3 Å². The van der Waals surface area contributed by atoms with Gasteiger partial charge in [-0.2, -0.15) is 0 Å². The van der Waals surface area contributed by atoms with Crippen LogP contribution in [0.4, 0.5) is 5.69 Å². The van der Waals surface area contributed by atoms with E-state index in [1.54, 1.807) is 37.5 Å². The standard InChI is InChI=1S/C24H22N2O3S/c1-15-8-13-19-22(14-15)30-24(26-19)17-9-11-18(12-10-17)25-23(27)16(2)29-21-7-5-4-6-20(21)28-3/h4-14,16H,1-3H3,(H,25,27). The van der Waals surface area contributed by atoms with Gasteiger partial charge in [0.05, 0.1) is 17.3 Å². The smallest absolute Gasteiger partial charge is 0.265 e. The third kappa shape index (κ3) is 4.28. The van der Waals surface area contributed by atoms with E-state index in [9.17, 15) is 4.79 Å². The first-order valence-corrected chi connectivity index (χ1v) is 10.4. The molecule has 0 bridgehead atoms. The maximum atomic E-state index is 12.5. The number of benzene rings is 3. The number of amides is 1. The van der Waals surface area contributed by atoms with E-state index < -0.39 is 6.10 Å². The predicted molar refractivity (Wildman–Crippen MR) is 122 cm³/mol. The van der Waals surface area contributed by atoms with Crippen molar-refractivity contribution in [2.75, 3.05) is 12.4 Å². The van der Waals surface area contributed by atoms with Gasteiger partial charge < -0.3 is 14.8 Å². The number of rotatable bonds is 6. The molecule has 0 saturated heterocycles. The molecule has 30 heavy (non-hydrogen) atoms. The van der Waals surface area contributed by atoms with Crippen LogP contribution in [0.1, 0.15) is 12.5 Å². The molecule has 0 saturated carbocycles. The lowest BCUT2D eigenvalue weighted by Gasteiger charge is -2.16. The van der Waals surface area contributed by atoms with Gasteiger partial charge in [0.1, 0.15) is 5.01 Å². The fourth-order valence-electron chi connectivity index (χ4n) is 3.06. The molecule has 0 radical (unpaired) electrons. The van der Waals surface area contributed by atoms with Crippen LogP contribution in [0.3, 0.4) is 0 Å². The Hall–Kier alpha value is -3.38. The summed E-state index contributed by atoms with van der Waals surface area (Å²) in [5, 5.41) is 3.85. The van der Waals surface area contributed by atoms with Gasteiger partial charge in [0.25, 0.3) is 5.91 Å². The minimum atomic E-state index is -0.673. The quantitative estimate of drug-likeness (QED) is 0.437. The van der Waals surface area contributed by atoms with E-state index in [0.717, 1.165) is 16.1 Å². The Morgan fingerprint density at radius 3 is 2.50 bits per heavy atom. The normalized spacial score (nSPS) is 11.8. The average Bonchev–Trinajstić information content (AvgIpc) is 3.17. The molecule has 0 aliphatic rings. The van der Waals surface area contributed by atoms with Crippen molar-refractivity contribution in [1.82, 2.24) is 4.98 Å². The van der Waals surface area contributed by atoms with Crippen LogP contribution >= 0.6 is 11.3 Å². The molecule has 152 valence electrons. The fraction of sp³-hybridized carbons (Fsp3) is 0.167. The van der Waals surface area contributed by atoms with Crippen LogP contribution in [0.2, 0.25) is 0 Å². The van der Waals surface area contributed by atoms with E-state index in [-0.39, 0.29) is 5.91 Å². The number of aromatic nitrogens is 1. The Labute approximate surface area is 179 Å². The van der Waals surface area contributed by atoms with Crippen molar-refractivity contribution < 1.29 is 14.3 Å². The van der Waals surface area contributed by atoms with Crippen LogP contribution in [0, 0.1) is 6.92 Å². The lowest BCUT2D eigenvalue weighted by atomic mass is 10.2. The molecule has 5 nitrogen and oxygen atoms in total. The van der Waals surface area contributed by atoms with Crippen molar-refractivity contribution in [2.45, 2.75) is 20.0 Å². The Morgan fingerprint density at radius 2 is 1.77 bits per heavy atom. The number of carbonyl (C=O) groups is 1. The van der Waals surface area contributed by atoms with E-state index in [1.807, 2.05) is 42.5 Å². The topological polar surface area (TPSA) is 60.5 Å². The number of anilines is 1. The van der Waals surface area contributed by atoms with Gasteiger partial charge in [0.15, 0.2) is 17.6 Å². The molecular formula is C24H22N2O3S. The molecule has 0 spiro atoms. The molecule has 1 unspecified atom stereocenters. The lowest BCUT2D eigenvalue weighted by molar-refractivity contribution is -0.122. The molecule has 1 aromatic heterocycles. The van der Waals surface area contributed by atoms with Crippen LogP contribution in [0.5, 0.6) is 11.5 Å². The zero-order valence-electron chi connectivity index (χ0n) is 17.0. The van der Waals surface area contributed by atoms with Crippen LogP contribution < -0.4 is 14.8 Å². The Balaban J connectivity index is 1.44. The van der Waals surface area contributed by atoms with Crippen LogP contribution in [-0.4, -0.2) is 24.1 Å². The number of methoxy groups -OCH3 is 1. The van der Waals surface area contributed by atoms with E-state index in [4.69, 9.17) is 14.5 Å². The predicted octanol–water partition coefficient (Wildman–Crippen LogP) is 5.69. The van der Waals surface area contributed by atoms with Crippen LogP contribution in [0.25, 0.3) is 20.8 Å². The number of carbonyl (C=O) groups excluding carboxylic acids is 1. The molecule has 0 aliphatic carbocycles. The Kier molecular flexibility index (Phi) is 5.68. The van der Waals surface area contributed by atoms with Gasteiger partial charge >= 0.3 is 0 Å². The van der Waals surface area contributed by atoms with Crippen molar-refractivity contribution >= 4 is 33.1 Å². The van der Waals surface area contributed by atoms with Crippen molar-refractivity contribution in [3.8, 4) is 22.1 Å². The molecule has 0 aliphatic heterocycles. The van der Waals surface area contributed by atoms with Gasteiger partial charge in [-0.3, -0.25) is 4.79 Å². The third-order valence-corrected chi connectivity index (χ3v) is 5.75. The zero-order valence-corrected chi connectivity index (χ0v) is 17.8. The van der Waals surface area contributed by atoms with E-state index in [0.29, 0.717) is 17.2 Å². The number of fused-ring (bicyclic) bond motifs is 1. The summed E-state index contributed by atoms with van der Waals surface area (Å²) in [7, 11) is 1.57. The third-order valence-electron chi connectivity index (χ3n) is 4.69. The first-order valence-electron chi connectivity index (χ1n) is 9.61. The van der Waals surface area contributed by atoms with Crippen molar-refractivity contribution in [3.63, 3.8) is 0 Å². The van der Waals surface area contributed by atoms with Gasteiger partial charge in [-0.25, -0.2) is 4.98 Å². The molecule has 1 amide bonds. The van der Waals surface area contributed by atoms with Crippen LogP contribution in [-0.2, 0) is 4.79 Å². The van der Waals surface area contributed by atoms with Gasteiger partial charge in [-0.05, 0) is 67.9 Å². The number of hydrogen-bond acceptors (Lipinski definition) is 5. The van der Waals surface area contributed by atoms with E-state index in [2.05, 4.69) is 24.4 Å².